The van der Waals surface area contributed by atoms with Gasteiger partial charge in [0.05, 0.1) is 11.1 Å². The second-order valence-electron chi connectivity index (χ2n) is 6.08. The molecule has 2 rings (SSSR count). The zero-order chi connectivity index (χ0) is 18.3. The molecule has 0 spiro atoms. The average molecular weight is 346 g/mol. The maximum absolute atomic E-state index is 13.0. The zero-order valence-electron chi connectivity index (χ0n) is 13.3. The minimum Gasteiger partial charge on any atom is -0.166 e. The number of hydrogen-bond donors (Lipinski definition) is 0. The van der Waals surface area contributed by atoms with Gasteiger partial charge in [0.2, 0.25) is 0 Å². The van der Waals surface area contributed by atoms with E-state index in [9.17, 15) is 26.3 Å². The van der Waals surface area contributed by atoms with E-state index in [1.165, 1.54) is 0 Å². The third kappa shape index (κ3) is 4.10. The highest BCUT2D eigenvalue weighted by molar-refractivity contribution is 5.67. The van der Waals surface area contributed by atoms with Crippen LogP contribution in [0.5, 0.6) is 0 Å². The Morgan fingerprint density at radius 2 is 1.12 bits per heavy atom. The Balaban J connectivity index is 2.70. The van der Waals surface area contributed by atoms with Gasteiger partial charge in [0.15, 0.2) is 0 Å². The van der Waals surface area contributed by atoms with Gasteiger partial charge in [0, 0.05) is 0 Å². The minimum atomic E-state index is -4.85. The fourth-order valence-electron chi connectivity index (χ4n) is 2.43. The van der Waals surface area contributed by atoms with Gasteiger partial charge in [0.25, 0.3) is 0 Å². The lowest BCUT2D eigenvalue weighted by Crippen LogP contribution is -2.11. The Morgan fingerprint density at radius 1 is 0.667 bits per heavy atom. The van der Waals surface area contributed by atoms with Crippen molar-refractivity contribution in [2.75, 3.05) is 0 Å². The molecule has 2 aromatic carbocycles. The molecule has 0 bridgehead atoms. The molecular weight excluding hydrogens is 330 g/mol. The number of halogens is 6. The molecule has 0 radical (unpaired) electrons. The minimum absolute atomic E-state index is 0.0947. The molecule has 0 atom stereocenters. The van der Waals surface area contributed by atoms with E-state index >= 15 is 0 Å². The number of benzene rings is 2. The highest BCUT2D eigenvalue weighted by atomic mass is 19.4. The van der Waals surface area contributed by atoms with Crippen LogP contribution < -0.4 is 0 Å². The molecule has 0 aromatic heterocycles. The van der Waals surface area contributed by atoms with Gasteiger partial charge in [-0.3, -0.25) is 0 Å². The van der Waals surface area contributed by atoms with Gasteiger partial charge in [-0.05, 0) is 47.7 Å². The lowest BCUT2D eigenvalue weighted by Gasteiger charge is -2.16. The molecule has 0 saturated carbocycles. The van der Waals surface area contributed by atoms with Gasteiger partial charge in [-0.1, -0.05) is 37.6 Å². The van der Waals surface area contributed by atoms with Gasteiger partial charge in [-0.15, -0.1) is 0 Å². The van der Waals surface area contributed by atoms with Gasteiger partial charge < -0.3 is 0 Å². The molecule has 0 aliphatic rings. The first-order valence-corrected chi connectivity index (χ1v) is 7.29. The first kappa shape index (κ1) is 18.4. The van der Waals surface area contributed by atoms with Gasteiger partial charge in [-0.25, -0.2) is 0 Å². The quantitative estimate of drug-likeness (QED) is 0.523. The molecule has 2 aromatic rings. The molecular formula is C18H16F6. The maximum Gasteiger partial charge on any atom is 0.416 e. The van der Waals surface area contributed by atoms with Crippen molar-refractivity contribution in [3.05, 3.63) is 58.7 Å². The van der Waals surface area contributed by atoms with Crippen LogP contribution in [0.3, 0.4) is 0 Å². The van der Waals surface area contributed by atoms with Crippen LogP contribution in [-0.2, 0) is 12.4 Å². The molecule has 0 aliphatic carbocycles. The first-order valence-electron chi connectivity index (χ1n) is 7.29. The van der Waals surface area contributed by atoms with E-state index < -0.39 is 23.5 Å². The van der Waals surface area contributed by atoms with Crippen molar-refractivity contribution in [1.29, 1.82) is 0 Å². The summed E-state index contributed by atoms with van der Waals surface area (Å²) in [4.78, 5) is 0. The Kier molecular flexibility index (Phi) is 4.70. The molecule has 0 amide bonds. The topological polar surface area (TPSA) is 0 Å². The van der Waals surface area contributed by atoms with Crippen molar-refractivity contribution in [3.63, 3.8) is 0 Å². The summed E-state index contributed by atoms with van der Waals surface area (Å²) in [5.74, 6) is 0.108. The number of hydrogen-bond acceptors (Lipinski definition) is 0. The fourth-order valence-corrected chi connectivity index (χ4v) is 2.43. The summed E-state index contributed by atoms with van der Waals surface area (Å²) in [5.41, 5.74) is -0.726. The standard InChI is InChI=1S/C18H16F6/c1-10(2)12-4-11(3)5-13(6-12)14-7-15(17(19,20)21)9-16(8-14)18(22,23)24/h4-10H,1-3H3. The monoisotopic (exact) mass is 346 g/mol. The summed E-state index contributed by atoms with van der Waals surface area (Å²) in [6.45, 7) is 5.57. The van der Waals surface area contributed by atoms with Crippen molar-refractivity contribution in [2.24, 2.45) is 0 Å². The molecule has 130 valence electrons. The van der Waals surface area contributed by atoms with E-state index in [1.54, 1.807) is 19.1 Å². The highest BCUT2D eigenvalue weighted by Gasteiger charge is 2.37. The molecule has 0 unspecified atom stereocenters. The normalized spacial score (nSPS) is 12.8. The Hall–Kier alpha value is -1.98. The predicted molar refractivity (Wildman–Crippen MR) is 80.7 cm³/mol. The van der Waals surface area contributed by atoms with Crippen LogP contribution in [0.2, 0.25) is 0 Å². The molecule has 6 heteroatoms. The maximum atomic E-state index is 13.0. The molecule has 0 heterocycles. The Morgan fingerprint density at radius 3 is 1.54 bits per heavy atom. The van der Waals surface area contributed by atoms with Crippen LogP contribution in [0, 0.1) is 6.92 Å². The smallest absolute Gasteiger partial charge is 0.166 e. The Bertz CT molecular complexity index is 706. The van der Waals surface area contributed by atoms with Gasteiger partial charge >= 0.3 is 12.4 Å². The van der Waals surface area contributed by atoms with Crippen LogP contribution in [0.1, 0.15) is 42.0 Å². The summed E-state index contributed by atoms with van der Waals surface area (Å²) in [6, 6.07) is 6.74. The van der Waals surface area contributed by atoms with E-state index in [0.717, 1.165) is 23.3 Å². The van der Waals surface area contributed by atoms with Gasteiger partial charge in [0.1, 0.15) is 0 Å². The fraction of sp³-hybridized carbons (Fsp3) is 0.333. The lowest BCUT2D eigenvalue weighted by molar-refractivity contribution is -0.143. The summed E-state index contributed by atoms with van der Waals surface area (Å²) < 4.78 is 77.8. The van der Waals surface area contributed by atoms with Gasteiger partial charge in [-0.2, -0.15) is 26.3 Å². The van der Waals surface area contributed by atoms with E-state index in [0.29, 0.717) is 5.56 Å². The van der Waals surface area contributed by atoms with Crippen molar-refractivity contribution in [2.45, 2.75) is 39.0 Å². The molecule has 0 N–H and O–H groups in total. The third-order valence-corrected chi connectivity index (χ3v) is 3.69. The molecule has 0 saturated heterocycles. The molecule has 0 fully saturated rings. The average Bonchev–Trinajstić information content (AvgIpc) is 2.44. The van der Waals surface area contributed by atoms with E-state index in [-0.39, 0.29) is 17.5 Å². The lowest BCUT2D eigenvalue weighted by atomic mass is 9.93. The van der Waals surface area contributed by atoms with E-state index in [2.05, 4.69) is 0 Å². The molecule has 0 nitrogen and oxygen atoms in total. The summed E-state index contributed by atoms with van der Waals surface area (Å²) in [6.07, 6.45) is -9.69. The van der Waals surface area contributed by atoms with Crippen molar-refractivity contribution >= 4 is 0 Å². The SMILES string of the molecule is Cc1cc(-c2cc(C(F)(F)F)cc(C(F)(F)F)c2)cc(C(C)C)c1. The second-order valence-corrected chi connectivity index (χ2v) is 6.08. The van der Waals surface area contributed by atoms with Crippen molar-refractivity contribution in [1.82, 2.24) is 0 Å². The van der Waals surface area contributed by atoms with Crippen LogP contribution >= 0.6 is 0 Å². The van der Waals surface area contributed by atoms with E-state index in [4.69, 9.17) is 0 Å². The molecule has 0 aliphatic heterocycles. The van der Waals surface area contributed by atoms with Crippen LogP contribution in [0.15, 0.2) is 36.4 Å². The summed E-state index contributed by atoms with van der Waals surface area (Å²) in [7, 11) is 0. The van der Waals surface area contributed by atoms with E-state index in [1.807, 2.05) is 19.9 Å². The Labute approximate surface area is 136 Å². The number of rotatable bonds is 2. The highest BCUT2D eigenvalue weighted by Crippen LogP contribution is 2.39. The van der Waals surface area contributed by atoms with Crippen molar-refractivity contribution in [3.8, 4) is 11.1 Å². The summed E-state index contributed by atoms with van der Waals surface area (Å²) >= 11 is 0. The first-order chi connectivity index (χ1) is 10.9. The third-order valence-electron chi connectivity index (χ3n) is 3.69. The predicted octanol–water partition coefficient (Wildman–Crippen LogP) is 6.82. The summed E-state index contributed by atoms with van der Waals surface area (Å²) in [5, 5.41) is 0. The number of alkyl halides is 6. The van der Waals surface area contributed by atoms with Crippen molar-refractivity contribution < 1.29 is 26.3 Å². The largest absolute Gasteiger partial charge is 0.416 e. The zero-order valence-corrected chi connectivity index (χ0v) is 13.3. The molecule has 24 heavy (non-hydrogen) atoms. The number of aryl methyl sites for hydroxylation is 1. The van der Waals surface area contributed by atoms with Crippen LogP contribution in [-0.4, -0.2) is 0 Å². The van der Waals surface area contributed by atoms with Crippen LogP contribution in [0.25, 0.3) is 11.1 Å². The second kappa shape index (κ2) is 6.15. The van der Waals surface area contributed by atoms with Crippen LogP contribution in [0.4, 0.5) is 26.3 Å².